The summed E-state index contributed by atoms with van der Waals surface area (Å²) >= 11 is 0. The number of hydrogen-bond acceptors (Lipinski definition) is 5. The van der Waals surface area contributed by atoms with Gasteiger partial charge in [-0.15, -0.1) is 0 Å². The summed E-state index contributed by atoms with van der Waals surface area (Å²) in [4.78, 5) is 0. The molecule has 0 heterocycles. The normalized spacial score (nSPS) is 11.4. The molecule has 2 aromatic rings. The Morgan fingerprint density at radius 1 is 0.833 bits per heavy atom. The molecule has 2 aromatic carbocycles. The summed E-state index contributed by atoms with van der Waals surface area (Å²) in [7, 11) is 0. The van der Waals surface area contributed by atoms with Crippen molar-refractivity contribution in [2.75, 3.05) is 0 Å². The monoisotopic (exact) mass is 245 g/mol. The number of aromatic hydroxyl groups is 3. The quantitative estimate of drug-likeness (QED) is 0.370. The number of hydrogen-bond donors (Lipinski definition) is 4. The maximum atomic E-state index is 9.71. The average molecular weight is 245 g/mol. The molecule has 0 atom stereocenters. The highest BCUT2D eigenvalue weighted by molar-refractivity contribution is 6.14. The van der Waals surface area contributed by atoms with Crippen molar-refractivity contribution in [3.63, 3.8) is 0 Å². The lowest BCUT2D eigenvalue weighted by Gasteiger charge is -2.07. The number of benzene rings is 2. The molecular weight excluding hydrogens is 234 g/mol. The largest absolute Gasteiger partial charge is 0.508 e. The van der Waals surface area contributed by atoms with Crippen LogP contribution in [-0.2, 0) is 0 Å². The average Bonchev–Trinajstić information content (AvgIpc) is 2.35. The fraction of sp³-hybridized carbons (Fsp3) is 0. The van der Waals surface area contributed by atoms with Gasteiger partial charge in [0.2, 0.25) is 0 Å². The Hall–Kier alpha value is -2.69. The van der Waals surface area contributed by atoms with Gasteiger partial charge >= 0.3 is 0 Å². The summed E-state index contributed by atoms with van der Waals surface area (Å²) in [6, 6.07) is 9.96. The standard InChI is InChI=1S/C13H11NO4/c15-9-3-1-8(2-4-9)13(14-18)11-6-5-10(16)7-12(11)17/h1-7,15-18H/b14-13+. The van der Waals surface area contributed by atoms with Crippen LogP contribution in [0.3, 0.4) is 0 Å². The Morgan fingerprint density at radius 3 is 2.00 bits per heavy atom. The smallest absolute Gasteiger partial charge is 0.128 e. The third-order valence-corrected chi connectivity index (χ3v) is 2.48. The molecule has 0 aliphatic carbocycles. The van der Waals surface area contributed by atoms with E-state index in [-0.39, 0.29) is 28.5 Å². The van der Waals surface area contributed by atoms with Crippen LogP contribution in [0, 0.1) is 0 Å². The Bertz CT molecular complexity index is 590. The van der Waals surface area contributed by atoms with Crippen molar-refractivity contribution in [3.8, 4) is 17.2 Å². The minimum Gasteiger partial charge on any atom is -0.508 e. The predicted octanol–water partition coefficient (Wildman–Crippen LogP) is 2.03. The van der Waals surface area contributed by atoms with E-state index < -0.39 is 0 Å². The molecule has 0 saturated heterocycles. The third kappa shape index (κ3) is 2.20. The summed E-state index contributed by atoms with van der Waals surface area (Å²) in [5, 5.41) is 40.3. The van der Waals surface area contributed by atoms with Crippen LogP contribution in [-0.4, -0.2) is 26.2 Å². The second-order valence-electron chi connectivity index (χ2n) is 3.70. The first-order valence-electron chi connectivity index (χ1n) is 5.15. The van der Waals surface area contributed by atoms with Crippen LogP contribution in [0.25, 0.3) is 0 Å². The first-order chi connectivity index (χ1) is 8.61. The first kappa shape index (κ1) is 11.8. The highest BCUT2D eigenvalue weighted by Crippen LogP contribution is 2.26. The third-order valence-electron chi connectivity index (χ3n) is 2.48. The maximum Gasteiger partial charge on any atom is 0.128 e. The topological polar surface area (TPSA) is 93.3 Å². The molecule has 5 nitrogen and oxygen atoms in total. The number of nitrogens with zero attached hydrogens (tertiary/aromatic N) is 1. The van der Waals surface area contributed by atoms with Gasteiger partial charge in [0.25, 0.3) is 0 Å². The molecule has 0 saturated carbocycles. The van der Waals surface area contributed by atoms with Crippen LogP contribution in [0.15, 0.2) is 47.6 Å². The Kier molecular flexibility index (Phi) is 3.05. The van der Waals surface area contributed by atoms with Gasteiger partial charge in [-0.2, -0.15) is 0 Å². The molecule has 92 valence electrons. The minimum absolute atomic E-state index is 0.0840. The van der Waals surface area contributed by atoms with E-state index in [1.807, 2.05) is 0 Å². The van der Waals surface area contributed by atoms with Gasteiger partial charge in [-0.1, -0.05) is 5.16 Å². The number of phenols is 3. The SMILES string of the molecule is O/N=C(\c1ccc(O)cc1)c1ccc(O)cc1O. The second-order valence-corrected chi connectivity index (χ2v) is 3.70. The summed E-state index contributed by atoms with van der Waals surface area (Å²) < 4.78 is 0. The van der Waals surface area contributed by atoms with Crippen LogP contribution in [0.5, 0.6) is 17.2 Å². The molecule has 0 aliphatic rings. The molecule has 0 fully saturated rings. The van der Waals surface area contributed by atoms with Gasteiger partial charge < -0.3 is 20.5 Å². The molecule has 2 rings (SSSR count). The summed E-state index contributed by atoms with van der Waals surface area (Å²) in [6.45, 7) is 0. The number of oxime groups is 1. The van der Waals surface area contributed by atoms with Crippen molar-refractivity contribution in [1.29, 1.82) is 0 Å². The molecular formula is C13H11NO4. The van der Waals surface area contributed by atoms with Gasteiger partial charge in [-0.25, -0.2) is 0 Å². The Balaban J connectivity index is 2.49. The van der Waals surface area contributed by atoms with Crippen LogP contribution >= 0.6 is 0 Å². The van der Waals surface area contributed by atoms with Gasteiger partial charge in [0.05, 0.1) is 0 Å². The molecule has 0 amide bonds. The molecule has 0 spiro atoms. The second kappa shape index (κ2) is 4.67. The van der Waals surface area contributed by atoms with E-state index >= 15 is 0 Å². The molecule has 0 bridgehead atoms. The highest BCUT2D eigenvalue weighted by Gasteiger charge is 2.12. The molecule has 0 aromatic heterocycles. The first-order valence-corrected chi connectivity index (χ1v) is 5.15. The molecule has 18 heavy (non-hydrogen) atoms. The van der Waals surface area contributed by atoms with Gasteiger partial charge in [0, 0.05) is 17.2 Å². The van der Waals surface area contributed by atoms with Crippen LogP contribution < -0.4 is 0 Å². The fourth-order valence-corrected chi connectivity index (χ4v) is 1.61. The molecule has 0 unspecified atom stereocenters. The Morgan fingerprint density at radius 2 is 1.44 bits per heavy atom. The van der Waals surface area contributed by atoms with Crippen molar-refractivity contribution in [3.05, 3.63) is 53.6 Å². The zero-order valence-electron chi connectivity index (χ0n) is 9.28. The summed E-state index contributed by atoms with van der Waals surface area (Å²) in [5.41, 5.74) is 0.949. The molecule has 4 N–H and O–H groups in total. The van der Waals surface area contributed by atoms with E-state index in [0.29, 0.717) is 5.56 Å². The van der Waals surface area contributed by atoms with Gasteiger partial charge in [-0.05, 0) is 36.4 Å². The van der Waals surface area contributed by atoms with Gasteiger partial charge in [0.1, 0.15) is 23.0 Å². The Labute approximate surface area is 103 Å². The van der Waals surface area contributed by atoms with Crippen molar-refractivity contribution in [2.45, 2.75) is 0 Å². The van der Waals surface area contributed by atoms with Crippen LogP contribution in [0.1, 0.15) is 11.1 Å². The van der Waals surface area contributed by atoms with Crippen molar-refractivity contribution >= 4 is 5.71 Å². The van der Waals surface area contributed by atoms with E-state index in [4.69, 9.17) is 5.21 Å². The predicted molar refractivity (Wildman–Crippen MR) is 65.3 cm³/mol. The lowest BCUT2D eigenvalue weighted by molar-refractivity contribution is 0.319. The molecule has 0 aliphatic heterocycles. The maximum absolute atomic E-state index is 9.71. The van der Waals surface area contributed by atoms with Crippen molar-refractivity contribution in [1.82, 2.24) is 0 Å². The van der Waals surface area contributed by atoms with E-state index in [2.05, 4.69) is 5.16 Å². The van der Waals surface area contributed by atoms with E-state index in [1.54, 1.807) is 12.1 Å². The number of phenolic OH excluding ortho intramolecular Hbond substituents is 3. The van der Waals surface area contributed by atoms with E-state index in [1.165, 1.54) is 24.3 Å². The van der Waals surface area contributed by atoms with Crippen LogP contribution in [0.2, 0.25) is 0 Å². The van der Waals surface area contributed by atoms with E-state index in [0.717, 1.165) is 6.07 Å². The van der Waals surface area contributed by atoms with Gasteiger partial charge in [0.15, 0.2) is 0 Å². The lowest BCUT2D eigenvalue weighted by atomic mass is 10.0. The summed E-state index contributed by atoms with van der Waals surface area (Å²) in [5.74, 6) is -0.193. The fourth-order valence-electron chi connectivity index (χ4n) is 1.61. The van der Waals surface area contributed by atoms with Crippen molar-refractivity contribution < 1.29 is 20.5 Å². The highest BCUT2D eigenvalue weighted by atomic mass is 16.4. The molecule has 0 radical (unpaired) electrons. The van der Waals surface area contributed by atoms with Crippen LogP contribution in [0.4, 0.5) is 0 Å². The zero-order chi connectivity index (χ0) is 13.1. The van der Waals surface area contributed by atoms with Crippen molar-refractivity contribution in [2.24, 2.45) is 5.16 Å². The zero-order valence-corrected chi connectivity index (χ0v) is 9.28. The lowest BCUT2D eigenvalue weighted by Crippen LogP contribution is -2.03. The van der Waals surface area contributed by atoms with Gasteiger partial charge in [-0.3, -0.25) is 0 Å². The molecule has 5 heteroatoms. The summed E-state index contributed by atoms with van der Waals surface area (Å²) in [6.07, 6.45) is 0. The van der Waals surface area contributed by atoms with E-state index in [9.17, 15) is 15.3 Å². The number of rotatable bonds is 2. The minimum atomic E-state index is -0.198.